The number of nitrogens with zero attached hydrogens (tertiary/aromatic N) is 1. The fraction of sp³-hybridized carbons (Fsp3) is 0.500. The summed E-state index contributed by atoms with van der Waals surface area (Å²) >= 11 is 0. The van der Waals surface area contributed by atoms with Crippen LogP contribution < -0.4 is 9.47 Å². The molecule has 2 aromatic carbocycles. The van der Waals surface area contributed by atoms with Crippen LogP contribution in [0.5, 0.6) is 11.5 Å². The summed E-state index contributed by atoms with van der Waals surface area (Å²) in [5.74, 6) is 1.84. The summed E-state index contributed by atoms with van der Waals surface area (Å²) in [6.45, 7) is 8.75. The van der Waals surface area contributed by atoms with Crippen LogP contribution in [0.1, 0.15) is 31.7 Å². The molecular weight excluding hydrogens is 366 g/mol. The molecule has 0 radical (unpaired) electrons. The van der Waals surface area contributed by atoms with E-state index in [-0.39, 0.29) is 6.61 Å². The molecule has 1 aliphatic rings. The molecule has 0 aliphatic carbocycles. The van der Waals surface area contributed by atoms with Gasteiger partial charge in [0.1, 0.15) is 11.5 Å². The minimum absolute atomic E-state index is 0.140. The zero-order chi connectivity index (χ0) is 20.6. The topological polar surface area (TPSA) is 51.2 Å². The lowest BCUT2D eigenvalue weighted by Crippen LogP contribution is -2.37. The fourth-order valence-corrected chi connectivity index (χ4v) is 2.85. The Balaban J connectivity index is 0.000000313. The van der Waals surface area contributed by atoms with Gasteiger partial charge in [-0.2, -0.15) is 0 Å². The number of rotatable bonds is 10. The largest absolute Gasteiger partial charge is 0.494 e. The van der Waals surface area contributed by atoms with Crippen molar-refractivity contribution in [1.29, 1.82) is 0 Å². The molecule has 1 saturated heterocycles. The number of benzene rings is 2. The maximum absolute atomic E-state index is 8.54. The molecule has 0 saturated carbocycles. The van der Waals surface area contributed by atoms with Gasteiger partial charge < -0.3 is 19.3 Å². The summed E-state index contributed by atoms with van der Waals surface area (Å²) in [5.41, 5.74) is 0.965. The third-order valence-corrected chi connectivity index (χ3v) is 4.61. The Hall–Kier alpha value is -2.08. The van der Waals surface area contributed by atoms with E-state index in [9.17, 15) is 0 Å². The predicted molar refractivity (Wildman–Crippen MR) is 117 cm³/mol. The Morgan fingerprint density at radius 2 is 1.45 bits per heavy atom. The molecule has 0 spiro atoms. The van der Waals surface area contributed by atoms with Gasteiger partial charge >= 0.3 is 0 Å². The van der Waals surface area contributed by atoms with Gasteiger partial charge in [0.05, 0.1) is 33.0 Å². The van der Waals surface area contributed by atoms with E-state index in [4.69, 9.17) is 19.3 Å². The monoisotopic (exact) mass is 401 g/mol. The molecule has 0 bridgehead atoms. The van der Waals surface area contributed by atoms with Gasteiger partial charge in [-0.1, -0.05) is 43.7 Å². The molecule has 29 heavy (non-hydrogen) atoms. The summed E-state index contributed by atoms with van der Waals surface area (Å²) < 4.78 is 16.7. The van der Waals surface area contributed by atoms with Gasteiger partial charge in [-0.15, -0.1) is 0 Å². The quantitative estimate of drug-likeness (QED) is 0.606. The van der Waals surface area contributed by atoms with Crippen molar-refractivity contribution < 1.29 is 19.3 Å². The van der Waals surface area contributed by atoms with Crippen LogP contribution >= 0.6 is 0 Å². The zero-order valence-corrected chi connectivity index (χ0v) is 17.6. The molecule has 0 amide bonds. The summed E-state index contributed by atoms with van der Waals surface area (Å²) in [6.07, 6.45) is 3.30. The van der Waals surface area contributed by atoms with Gasteiger partial charge in [0.15, 0.2) is 0 Å². The van der Waals surface area contributed by atoms with Crippen LogP contribution in [0.25, 0.3) is 0 Å². The van der Waals surface area contributed by atoms with Gasteiger partial charge in [-0.05, 0) is 42.7 Å². The molecule has 1 heterocycles. The fourth-order valence-electron chi connectivity index (χ4n) is 2.85. The van der Waals surface area contributed by atoms with Crippen LogP contribution in [-0.4, -0.2) is 56.1 Å². The first-order chi connectivity index (χ1) is 14.3. The maximum Gasteiger partial charge on any atom is 0.119 e. The van der Waals surface area contributed by atoms with Crippen molar-refractivity contribution in [2.24, 2.45) is 0 Å². The maximum atomic E-state index is 8.54. The summed E-state index contributed by atoms with van der Waals surface area (Å²) in [6, 6.07) is 17.4. The van der Waals surface area contributed by atoms with Crippen molar-refractivity contribution >= 4 is 0 Å². The predicted octanol–water partition coefficient (Wildman–Crippen LogP) is 4.15. The van der Waals surface area contributed by atoms with E-state index in [0.29, 0.717) is 0 Å². The van der Waals surface area contributed by atoms with E-state index in [1.54, 1.807) is 0 Å². The highest BCUT2D eigenvalue weighted by Gasteiger charge is 2.09. The Morgan fingerprint density at radius 1 is 0.862 bits per heavy atom. The SMILES string of the molecule is CCCCOc1ccc(OCCCN2CCOCC2)cc1.OCc1ccccc1. The summed E-state index contributed by atoms with van der Waals surface area (Å²) in [4.78, 5) is 2.43. The molecule has 2 aromatic rings. The van der Waals surface area contributed by atoms with Gasteiger partial charge in [0.2, 0.25) is 0 Å². The van der Waals surface area contributed by atoms with E-state index in [1.165, 1.54) is 0 Å². The molecule has 5 nitrogen and oxygen atoms in total. The highest BCUT2D eigenvalue weighted by Crippen LogP contribution is 2.18. The van der Waals surface area contributed by atoms with Gasteiger partial charge in [0, 0.05) is 19.6 Å². The number of aliphatic hydroxyl groups excluding tert-OH is 1. The molecule has 0 atom stereocenters. The van der Waals surface area contributed by atoms with Crippen LogP contribution in [0.2, 0.25) is 0 Å². The number of morpholine rings is 1. The Bertz CT molecular complexity index is 627. The lowest BCUT2D eigenvalue weighted by molar-refractivity contribution is 0.0358. The van der Waals surface area contributed by atoms with Gasteiger partial charge in [-0.3, -0.25) is 4.90 Å². The third-order valence-electron chi connectivity index (χ3n) is 4.61. The average molecular weight is 402 g/mol. The first kappa shape index (κ1) is 23.2. The minimum atomic E-state index is 0.140. The van der Waals surface area contributed by atoms with Crippen LogP contribution in [0.4, 0.5) is 0 Å². The van der Waals surface area contributed by atoms with E-state index in [1.807, 2.05) is 54.6 Å². The second kappa shape index (κ2) is 14.9. The van der Waals surface area contributed by atoms with Crippen molar-refractivity contribution in [3.63, 3.8) is 0 Å². The highest BCUT2D eigenvalue weighted by molar-refractivity contribution is 5.31. The Kier molecular flexibility index (Phi) is 11.9. The summed E-state index contributed by atoms with van der Waals surface area (Å²) in [7, 11) is 0. The second-order valence-corrected chi connectivity index (χ2v) is 6.97. The molecule has 1 N–H and O–H groups in total. The molecule has 5 heteroatoms. The number of hydrogen-bond donors (Lipinski definition) is 1. The Morgan fingerprint density at radius 3 is 1.97 bits per heavy atom. The van der Waals surface area contributed by atoms with Crippen molar-refractivity contribution in [1.82, 2.24) is 4.90 Å². The highest BCUT2D eigenvalue weighted by atomic mass is 16.5. The normalized spacial score (nSPS) is 14.0. The van der Waals surface area contributed by atoms with E-state index in [2.05, 4.69) is 11.8 Å². The van der Waals surface area contributed by atoms with E-state index in [0.717, 1.165) is 82.4 Å². The van der Waals surface area contributed by atoms with Gasteiger partial charge in [0.25, 0.3) is 0 Å². The standard InChI is InChI=1S/C17H27NO3.C7H8O/c1-2-3-12-20-16-5-7-17(8-6-16)21-13-4-9-18-10-14-19-15-11-18;8-6-7-4-2-1-3-5-7/h5-8H,2-4,9-15H2,1H3;1-5,8H,6H2. The molecule has 1 fully saturated rings. The molecule has 160 valence electrons. The van der Waals surface area contributed by atoms with E-state index >= 15 is 0 Å². The van der Waals surface area contributed by atoms with Crippen molar-refractivity contribution in [2.75, 3.05) is 46.1 Å². The number of hydrogen-bond acceptors (Lipinski definition) is 5. The number of aliphatic hydroxyl groups is 1. The minimum Gasteiger partial charge on any atom is -0.494 e. The van der Waals surface area contributed by atoms with Crippen LogP contribution in [0.15, 0.2) is 54.6 Å². The zero-order valence-electron chi connectivity index (χ0n) is 17.6. The van der Waals surface area contributed by atoms with Crippen molar-refractivity contribution in [2.45, 2.75) is 32.8 Å². The molecule has 1 aliphatic heterocycles. The van der Waals surface area contributed by atoms with Crippen molar-refractivity contribution in [3.8, 4) is 11.5 Å². The Labute approximate surface area is 175 Å². The van der Waals surface area contributed by atoms with Gasteiger partial charge in [-0.25, -0.2) is 0 Å². The molecule has 3 rings (SSSR count). The van der Waals surface area contributed by atoms with Crippen LogP contribution in [0, 0.1) is 0 Å². The van der Waals surface area contributed by atoms with E-state index < -0.39 is 0 Å². The smallest absolute Gasteiger partial charge is 0.119 e. The third kappa shape index (κ3) is 10.3. The second-order valence-electron chi connectivity index (χ2n) is 6.97. The first-order valence-corrected chi connectivity index (χ1v) is 10.6. The molecular formula is C24H35NO4. The number of ether oxygens (including phenoxy) is 3. The lowest BCUT2D eigenvalue weighted by atomic mass is 10.2. The molecule has 0 aromatic heterocycles. The average Bonchev–Trinajstić information content (AvgIpc) is 2.79. The van der Waals surface area contributed by atoms with Crippen LogP contribution in [0.3, 0.4) is 0 Å². The van der Waals surface area contributed by atoms with Crippen LogP contribution in [-0.2, 0) is 11.3 Å². The number of unbranched alkanes of at least 4 members (excludes halogenated alkanes) is 1. The van der Waals surface area contributed by atoms with Crippen molar-refractivity contribution in [3.05, 3.63) is 60.2 Å². The first-order valence-electron chi connectivity index (χ1n) is 10.6. The lowest BCUT2D eigenvalue weighted by Gasteiger charge is -2.26. The molecule has 0 unspecified atom stereocenters. The summed E-state index contributed by atoms with van der Waals surface area (Å²) in [5, 5.41) is 8.54.